The van der Waals surface area contributed by atoms with Crippen molar-refractivity contribution in [3.63, 3.8) is 0 Å². The highest BCUT2D eigenvalue weighted by molar-refractivity contribution is 5.92. The first kappa shape index (κ1) is 18.7. The Hall–Kier alpha value is -2.64. The van der Waals surface area contributed by atoms with Crippen LogP contribution in [0.2, 0.25) is 0 Å². The summed E-state index contributed by atoms with van der Waals surface area (Å²) in [5, 5.41) is 8.85. The quantitative estimate of drug-likeness (QED) is 0.801. The molecule has 0 amide bonds. The molecule has 3 aliphatic rings. The maximum Gasteiger partial charge on any atom is 0.304 e. The number of ether oxygens (including phenoxy) is 3. The van der Waals surface area contributed by atoms with E-state index in [1.807, 2.05) is 30.3 Å². The summed E-state index contributed by atoms with van der Waals surface area (Å²) in [5.74, 6) is -0.388. The molecule has 7 heteroatoms. The smallest absolute Gasteiger partial charge is 0.304 e. The third-order valence-corrected chi connectivity index (χ3v) is 5.28. The highest BCUT2D eigenvalue weighted by atomic mass is 16.5. The van der Waals surface area contributed by atoms with E-state index in [1.165, 1.54) is 0 Å². The van der Waals surface area contributed by atoms with Crippen molar-refractivity contribution < 1.29 is 28.9 Å². The van der Waals surface area contributed by atoms with E-state index in [0.29, 0.717) is 32.1 Å². The molecule has 0 saturated carbocycles. The number of fused-ring (bicyclic) bond motifs is 1. The van der Waals surface area contributed by atoms with E-state index in [2.05, 4.69) is 4.90 Å². The predicted octanol–water partition coefficient (Wildman–Crippen LogP) is 1.95. The molecular weight excluding hydrogens is 362 g/mol. The van der Waals surface area contributed by atoms with Crippen LogP contribution in [0.15, 0.2) is 48.3 Å². The molecule has 28 heavy (non-hydrogen) atoms. The van der Waals surface area contributed by atoms with Crippen molar-refractivity contribution in [1.29, 1.82) is 0 Å². The summed E-state index contributed by atoms with van der Waals surface area (Å²) in [6, 6.07) is 7.54. The second-order valence-corrected chi connectivity index (χ2v) is 7.18. The number of Topliss-reactive ketones (excluding diaryl/α,β-unsaturated/α-hetero) is 1. The number of aliphatic carboxylic acids is 1. The number of carboxylic acids is 1. The van der Waals surface area contributed by atoms with E-state index in [1.54, 1.807) is 12.3 Å². The number of nitrogens with zero attached hydrogens (tertiary/aromatic N) is 1. The summed E-state index contributed by atoms with van der Waals surface area (Å²) in [4.78, 5) is 25.4. The first-order chi connectivity index (χ1) is 13.6. The molecule has 2 aliphatic heterocycles. The Labute approximate surface area is 163 Å². The van der Waals surface area contributed by atoms with Gasteiger partial charge in [0.05, 0.1) is 31.3 Å². The molecule has 1 N–H and O–H groups in total. The zero-order valence-electron chi connectivity index (χ0n) is 15.5. The van der Waals surface area contributed by atoms with Gasteiger partial charge in [-0.15, -0.1) is 0 Å². The topological polar surface area (TPSA) is 85.3 Å². The number of rotatable bonds is 6. The Bertz CT molecular complexity index is 800. The van der Waals surface area contributed by atoms with Crippen molar-refractivity contribution in [3.8, 4) is 5.75 Å². The second-order valence-electron chi connectivity index (χ2n) is 7.18. The van der Waals surface area contributed by atoms with Crippen LogP contribution >= 0.6 is 0 Å². The van der Waals surface area contributed by atoms with Gasteiger partial charge < -0.3 is 19.3 Å². The Balaban J connectivity index is 1.36. The molecule has 0 bridgehead atoms. The van der Waals surface area contributed by atoms with E-state index in [-0.39, 0.29) is 24.2 Å². The molecule has 1 aromatic rings. The van der Waals surface area contributed by atoms with Crippen molar-refractivity contribution >= 4 is 11.8 Å². The van der Waals surface area contributed by atoms with E-state index in [0.717, 1.165) is 17.7 Å². The largest absolute Gasteiger partial charge is 0.500 e. The van der Waals surface area contributed by atoms with Gasteiger partial charge in [-0.05, 0) is 23.8 Å². The van der Waals surface area contributed by atoms with Crippen molar-refractivity contribution in [2.24, 2.45) is 5.92 Å². The molecule has 3 atom stereocenters. The van der Waals surface area contributed by atoms with Crippen LogP contribution in [0.1, 0.15) is 18.1 Å². The highest BCUT2D eigenvalue weighted by Gasteiger charge is 2.35. The molecule has 1 saturated heterocycles. The van der Waals surface area contributed by atoms with Crippen LogP contribution in [-0.4, -0.2) is 60.7 Å². The lowest BCUT2D eigenvalue weighted by molar-refractivity contribution is -0.137. The van der Waals surface area contributed by atoms with Gasteiger partial charge in [-0.2, -0.15) is 0 Å². The SMILES string of the molecule is O=C(O)CCN1CCOC(c2ccc(OC3C=CC4=COCC4C3=O)cc2)C1. The zero-order valence-corrected chi connectivity index (χ0v) is 15.5. The molecule has 0 radical (unpaired) electrons. The van der Waals surface area contributed by atoms with Crippen molar-refractivity contribution in [1.82, 2.24) is 4.90 Å². The van der Waals surface area contributed by atoms with Crippen LogP contribution in [0, 0.1) is 5.92 Å². The molecule has 3 unspecified atom stereocenters. The van der Waals surface area contributed by atoms with Gasteiger partial charge >= 0.3 is 5.97 Å². The van der Waals surface area contributed by atoms with E-state index in [9.17, 15) is 9.59 Å². The van der Waals surface area contributed by atoms with E-state index < -0.39 is 12.1 Å². The van der Waals surface area contributed by atoms with Gasteiger partial charge in [0.25, 0.3) is 0 Å². The maximum atomic E-state index is 12.5. The average Bonchev–Trinajstić information content (AvgIpc) is 3.19. The molecule has 2 heterocycles. The zero-order chi connectivity index (χ0) is 19.5. The number of ketones is 1. The van der Waals surface area contributed by atoms with Gasteiger partial charge in [0.2, 0.25) is 0 Å². The first-order valence-corrected chi connectivity index (χ1v) is 9.46. The summed E-state index contributed by atoms with van der Waals surface area (Å²) in [6.07, 6.45) is 4.71. The summed E-state index contributed by atoms with van der Waals surface area (Å²) in [7, 11) is 0. The fraction of sp³-hybridized carbons (Fsp3) is 0.429. The minimum absolute atomic E-state index is 0.0139. The predicted molar refractivity (Wildman–Crippen MR) is 99.9 cm³/mol. The normalized spacial score (nSPS) is 27.1. The maximum absolute atomic E-state index is 12.5. The minimum atomic E-state index is -0.789. The lowest BCUT2D eigenvalue weighted by Gasteiger charge is -2.32. The van der Waals surface area contributed by atoms with Crippen LogP contribution < -0.4 is 4.74 Å². The van der Waals surface area contributed by atoms with Crippen LogP contribution in [0.4, 0.5) is 0 Å². The summed E-state index contributed by atoms with van der Waals surface area (Å²) in [6.45, 7) is 2.88. The minimum Gasteiger partial charge on any atom is -0.500 e. The van der Waals surface area contributed by atoms with Crippen molar-refractivity contribution in [3.05, 3.63) is 53.8 Å². The number of morpholine rings is 1. The highest BCUT2D eigenvalue weighted by Crippen LogP contribution is 2.29. The molecule has 148 valence electrons. The number of hydrogen-bond donors (Lipinski definition) is 1. The Kier molecular flexibility index (Phi) is 5.45. The molecule has 7 nitrogen and oxygen atoms in total. The van der Waals surface area contributed by atoms with Crippen LogP contribution in [-0.2, 0) is 19.1 Å². The van der Waals surface area contributed by atoms with Gasteiger partial charge in [-0.1, -0.05) is 18.2 Å². The number of hydrogen-bond acceptors (Lipinski definition) is 6. The number of carbonyl (C=O) groups is 2. The Morgan fingerprint density at radius 2 is 2.11 bits per heavy atom. The van der Waals surface area contributed by atoms with Crippen LogP contribution in [0.3, 0.4) is 0 Å². The first-order valence-electron chi connectivity index (χ1n) is 9.46. The Morgan fingerprint density at radius 1 is 1.29 bits per heavy atom. The standard InChI is InChI=1S/C21H23NO6/c23-20(24)7-8-22-9-10-27-19(11-22)14-1-4-16(5-2-14)28-18-6-3-15-12-26-13-17(15)21(18)25/h1-6,12,17-19H,7-11,13H2,(H,23,24). The third-order valence-electron chi connectivity index (χ3n) is 5.28. The molecule has 0 spiro atoms. The van der Waals surface area contributed by atoms with Crippen LogP contribution in [0.5, 0.6) is 5.75 Å². The van der Waals surface area contributed by atoms with Gasteiger partial charge in [-0.3, -0.25) is 14.5 Å². The number of benzene rings is 1. The molecule has 4 rings (SSSR count). The molecular formula is C21H23NO6. The molecule has 0 aromatic heterocycles. The van der Waals surface area contributed by atoms with Gasteiger partial charge in [0.1, 0.15) is 12.4 Å². The van der Waals surface area contributed by atoms with E-state index >= 15 is 0 Å². The van der Waals surface area contributed by atoms with Gasteiger partial charge in [0.15, 0.2) is 11.9 Å². The molecule has 1 fully saturated rings. The third kappa shape index (κ3) is 4.10. The lowest BCUT2D eigenvalue weighted by Crippen LogP contribution is -2.39. The van der Waals surface area contributed by atoms with Crippen molar-refractivity contribution in [2.45, 2.75) is 18.6 Å². The Morgan fingerprint density at radius 3 is 2.89 bits per heavy atom. The lowest BCUT2D eigenvalue weighted by atomic mass is 9.89. The van der Waals surface area contributed by atoms with E-state index in [4.69, 9.17) is 19.3 Å². The number of allylic oxidation sites excluding steroid dienone is 1. The number of carboxylic acid groups (broad SMARTS) is 1. The van der Waals surface area contributed by atoms with Gasteiger partial charge in [0, 0.05) is 25.2 Å². The monoisotopic (exact) mass is 385 g/mol. The number of carbonyl (C=O) groups excluding carboxylic acids is 1. The average molecular weight is 385 g/mol. The fourth-order valence-corrected chi connectivity index (χ4v) is 3.68. The fourth-order valence-electron chi connectivity index (χ4n) is 3.68. The summed E-state index contributed by atoms with van der Waals surface area (Å²) < 4.78 is 17.0. The van der Waals surface area contributed by atoms with Crippen LogP contribution in [0.25, 0.3) is 0 Å². The van der Waals surface area contributed by atoms with Gasteiger partial charge in [-0.25, -0.2) is 0 Å². The van der Waals surface area contributed by atoms with Crippen molar-refractivity contribution in [2.75, 3.05) is 32.8 Å². The molecule has 1 aliphatic carbocycles. The summed E-state index contributed by atoms with van der Waals surface area (Å²) in [5.41, 5.74) is 1.91. The summed E-state index contributed by atoms with van der Waals surface area (Å²) >= 11 is 0. The second kappa shape index (κ2) is 8.16. The molecule has 1 aromatic carbocycles.